The first kappa shape index (κ1) is 74.1. The van der Waals surface area contributed by atoms with E-state index in [2.05, 4.69) is 81.5 Å². The summed E-state index contributed by atoms with van der Waals surface area (Å²) in [7, 11) is 0. The van der Waals surface area contributed by atoms with Crippen LogP contribution in [0, 0.1) is 0 Å². The standard InChI is InChI=1S/C71H128O6/c1-4-7-10-13-16-19-22-25-28-29-30-31-32-33-34-35-36-37-38-39-40-41-42-43-44-47-49-52-55-58-61-64-70(73)76-67-68(77-71(74)65-62-59-56-53-50-46-27-24-21-18-15-12-9-6-3)66-75-69(72)63-60-57-54-51-48-45-26-23-20-17-14-11-8-5-2/h14-15,17-18,23-24,26-27,29-30,68H,4-13,16,19-22,25,28,31-67H2,1-3H3/b17-14-,18-15-,26-23-,27-24-,30-29-. The first-order chi connectivity index (χ1) is 38.0. The molecule has 0 bridgehead atoms. The molecule has 0 saturated carbocycles. The minimum Gasteiger partial charge on any atom is -0.462 e. The third-order valence-electron chi connectivity index (χ3n) is 15.0. The molecule has 0 heterocycles. The van der Waals surface area contributed by atoms with Crippen LogP contribution >= 0.6 is 0 Å². The van der Waals surface area contributed by atoms with Gasteiger partial charge in [-0.1, -0.05) is 300 Å². The number of hydrogen-bond acceptors (Lipinski definition) is 6. The van der Waals surface area contributed by atoms with Gasteiger partial charge in [0.2, 0.25) is 0 Å². The second-order valence-corrected chi connectivity index (χ2v) is 22.7. The molecule has 0 N–H and O–H groups in total. The molecule has 0 radical (unpaired) electrons. The average Bonchev–Trinajstić information content (AvgIpc) is 3.43. The van der Waals surface area contributed by atoms with Crippen LogP contribution in [0.1, 0.15) is 355 Å². The van der Waals surface area contributed by atoms with E-state index in [1.165, 1.54) is 212 Å². The highest BCUT2D eigenvalue weighted by Crippen LogP contribution is 2.17. The van der Waals surface area contributed by atoms with Crippen LogP contribution in [0.25, 0.3) is 0 Å². The molecule has 0 aromatic carbocycles. The molecule has 0 aliphatic rings. The molecule has 6 nitrogen and oxygen atoms in total. The summed E-state index contributed by atoms with van der Waals surface area (Å²) in [5.74, 6) is -0.894. The molecule has 0 aliphatic carbocycles. The topological polar surface area (TPSA) is 78.9 Å². The zero-order valence-corrected chi connectivity index (χ0v) is 51.5. The van der Waals surface area contributed by atoms with Crippen molar-refractivity contribution in [3.05, 3.63) is 60.8 Å². The Labute approximate surface area is 479 Å². The lowest BCUT2D eigenvalue weighted by atomic mass is 10.0. The van der Waals surface area contributed by atoms with Crippen LogP contribution in [-0.4, -0.2) is 37.2 Å². The number of hydrogen-bond donors (Lipinski definition) is 0. The number of carbonyl (C=O) groups excluding carboxylic acids is 3. The van der Waals surface area contributed by atoms with Gasteiger partial charge in [0.25, 0.3) is 0 Å². The van der Waals surface area contributed by atoms with E-state index in [4.69, 9.17) is 14.2 Å². The van der Waals surface area contributed by atoms with E-state index in [0.29, 0.717) is 19.3 Å². The van der Waals surface area contributed by atoms with Crippen molar-refractivity contribution < 1.29 is 28.6 Å². The van der Waals surface area contributed by atoms with Crippen LogP contribution in [0.2, 0.25) is 0 Å². The third kappa shape index (κ3) is 63.8. The quantitative estimate of drug-likeness (QED) is 0.0261. The summed E-state index contributed by atoms with van der Waals surface area (Å²) < 4.78 is 16.9. The Morgan fingerprint density at radius 3 is 0.766 bits per heavy atom. The molecule has 0 saturated heterocycles. The maximum atomic E-state index is 12.9. The van der Waals surface area contributed by atoms with Crippen LogP contribution < -0.4 is 0 Å². The highest BCUT2D eigenvalue weighted by molar-refractivity contribution is 5.71. The summed E-state index contributed by atoms with van der Waals surface area (Å²) in [6, 6.07) is 0. The fourth-order valence-electron chi connectivity index (χ4n) is 9.83. The molecule has 448 valence electrons. The number of rotatable bonds is 62. The smallest absolute Gasteiger partial charge is 0.306 e. The molecule has 1 atom stereocenters. The van der Waals surface area contributed by atoms with Gasteiger partial charge in [-0.3, -0.25) is 14.4 Å². The first-order valence-electron chi connectivity index (χ1n) is 33.8. The van der Waals surface area contributed by atoms with Gasteiger partial charge in [-0.05, 0) is 96.3 Å². The van der Waals surface area contributed by atoms with Gasteiger partial charge < -0.3 is 14.2 Å². The van der Waals surface area contributed by atoms with E-state index in [1.807, 2.05) is 0 Å². The number of unbranched alkanes of at least 4 members (excludes halogenated alkanes) is 41. The predicted octanol–water partition coefficient (Wildman–Crippen LogP) is 23.1. The van der Waals surface area contributed by atoms with Crippen molar-refractivity contribution in [2.45, 2.75) is 361 Å². The Morgan fingerprint density at radius 1 is 0.260 bits per heavy atom. The third-order valence-corrected chi connectivity index (χ3v) is 15.0. The number of allylic oxidation sites excluding steroid dienone is 10. The van der Waals surface area contributed by atoms with Crippen molar-refractivity contribution >= 4 is 17.9 Å². The fourth-order valence-corrected chi connectivity index (χ4v) is 9.83. The second kappa shape index (κ2) is 65.6. The van der Waals surface area contributed by atoms with Gasteiger partial charge >= 0.3 is 17.9 Å². The summed E-state index contributed by atoms with van der Waals surface area (Å²) in [6.45, 7) is 6.58. The van der Waals surface area contributed by atoms with Crippen LogP contribution in [0.15, 0.2) is 60.8 Å². The van der Waals surface area contributed by atoms with Gasteiger partial charge in [-0.15, -0.1) is 0 Å². The molecular formula is C71H128O6. The molecular weight excluding hydrogens is 949 g/mol. The largest absolute Gasteiger partial charge is 0.462 e. The van der Waals surface area contributed by atoms with Gasteiger partial charge in [0.1, 0.15) is 13.2 Å². The van der Waals surface area contributed by atoms with Gasteiger partial charge in [0.05, 0.1) is 0 Å². The van der Waals surface area contributed by atoms with E-state index < -0.39 is 6.10 Å². The van der Waals surface area contributed by atoms with Crippen molar-refractivity contribution in [1.29, 1.82) is 0 Å². The van der Waals surface area contributed by atoms with Crippen molar-refractivity contribution in [2.75, 3.05) is 13.2 Å². The lowest BCUT2D eigenvalue weighted by Gasteiger charge is -2.18. The summed E-state index contributed by atoms with van der Waals surface area (Å²) in [4.78, 5) is 38.3. The van der Waals surface area contributed by atoms with Crippen molar-refractivity contribution in [2.24, 2.45) is 0 Å². The summed E-state index contributed by atoms with van der Waals surface area (Å²) in [5, 5.41) is 0. The SMILES string of the molecule is CCCC/C=C\C/C=C\CCCCCCCC(=O)OCC(COC(=O)CCCCCCCCCCCCCCCCCCCCC/C=C\CCCCCCCCCC)OC(=O)CCCCCCC/C=C\C/C=C\CCCC. The van der Waals surface area contributed by atoms with Crippen molar-refractivity contribution in [3.8, 4) is 0 Å². The maximum Gasteiger partial charge on any atom is 0.306 e. The summed E-state index contributed by atoms with van der Waals surface area (Å²) in [6.07, 6.45) is 84.0. The van der Waals surface area contributed by atoms with E-state index in [1.54, 1.807) is 0 Å². The predicted molar refractivity (Wildman–Crippen MR) is 335 cm³/mol. The zero-order valence-electron chi connectivity index (χ0n) is 51.5. The fraction of sp³-hybridized carbons (Fsp3) is 0.817. The maximum absolute atomic E-state index is 12.9. The van der Waals surface area contributed by atoms with E-state index in [9.17, 15) is 14.4 Å². The van der Waals surface area contributed by atoms with E-state index in [0.717, 1.165) is 103 Å². The minimum atomic E-state index is -0.787. The van der Waals surface area contributed by atoms with Gasteiger partial charge in [0, 0.05) is 19.3 Å². The lowest BCUT2D eigenvalue weighted by Crippen LogP contribution is -2.30. The lowest BCUT2D eigenvalue weighted by molar-refractivity contribution is -0.167. The van der Waals surface area contributed by atoms with Gasteiger partial charge in [-0.2, -0.15) is 0 Å². The highest BCUT2D eigenvalue weighted by atomic mass is 16.6. The first-order valence-corrected chi connectivity index (χ1v) is 33.8. The van der Waals surface area contributed by atoms with Crippen molar-refractivity contribution in [3.63, 3.8) is 0 Å². The van der Waals surface area contributed by atoms with E-state index in [-0.39, 0.29) is 31.1 Å². The Kier molecular flexibility index (Phi) is 63.2. The van der Waals surface area contributed by atoms with Crippen LogP contribution in [0.3, 0.4) is 0 Å². The summed E-state index contributed by atoms with van der Waals surface area (Å²) in [5.41, 5.74) is 0. The Bertz CT molecular complexity index is 1380. The normalized spacial score (nSPS) is 12.4. The van der Waals surface area contributed by atoms with Gasteiger partial charge in [0.15, 0.2) is 6.10 Å². The zero-order chi connectivity index (χ0) is 55.7. The number of carbonyl (C=O) groups is 3. The Morgan fingerprint density at radius 2 is 0.481 bits per heavy atom. The molecule has 0 aliphatic heterocycles. The minimum absolute atomic E-state index is 0.0818. The molecule has 0 rings (SSSR count). The molecule has 1 unspecified atom stereocenters. The average molecular weight is 1080 g/mol. The molecule has 0 aromatic heterocycles. The molecule has 0 fully saturated rings. The number of ether oxygens (including phenoxy) is 3. The Balaban J connectivity index is 4.14. The van der Waals surface area contributed by atoms with Crippen LogP contribution in [0.5, 0.6) is 0 Å². The van der Waals surface area contributed by atoms with Crippen LogP contribution in [-0.2, 0) is 28.6 Å². The Hall–Kier alpha value is -2.89. The highest BCUT2D eigenvalue weighted by Gasteiger charge is 2.19. The molecule has 0 spiro atoms. The molecule has 77 heavy (non-hydrogen) atoms. The van der Waals surface area contributed by atoms with Gasteiger partial charge in [-0.25, -0.2) is 0 Å². The monoisotopic (exact) mass is 1080 g/mol. The summed E-state index contributed by atoms with van der Waals surface area (Å²) >= 11 is 0. The van der Waals surface area contributed by atoms with Crippen molar-refractivity contribution in [1.82, 2.24) is 0 Å². The molecule has 6 heteroatoms. The van der Waals surface area contributed by atoms with E-state index >= 15 is 0 Å². The second-order valence-electron chi connectivity index (χ2n) is 22.7. The molecule has 0 aromatic rings. The molecule has 0 amide bonds. The number of esters is 3. The van der Waals surface area contributed by atoms with Crippen LogP contribution in [0.4, 0.5) is 0 Å².